The molecule has 0 aromatic heterocycles. The first-order valence-corrected chi connectivity index (χ1v) is 4.52. The fourth-order valence-electron chi connectivity index (χ4n) is 1.20. The molecular formula is C10H11F3O3. The summed E-state index contributed by atoms with van der Waals surface area (Å²) in [4.78, 5) is 0. The molecule has 0 amide bonds. The summed E-state index contributed by atoms with van der Waals surface area (Å²) in [6.07, 6.45) is -7.43. The Labute approximate surface area is 90.1 Å². The fraction of sp³-hybridized carbons (Fsp3) is 0.400. The molecule has 90 valence electrons. The van der Waals surface area contributed by atoms with Crippen LogP contribution < -0.4 is 4.74 Å². The van der Waals surface area contributed by atoms with E-state index in [1.54, 1.807) is 0 Å². The maximum absolute atomic E-state index is 12.0. The van der Waals surface area contributed by atoms with Crippen LogP contribution in [0, 0.1) is 0 Å². The summed E-state index contributed by atoms with van der Waals surface area (Å²) in [5, 5.41) is 18.6. The number of benzene rings is 1. The van der Waals surface area contributed by atoms with Crippen molar-refractivity contribution in [3.05, 3.63) is 29.8 Å². The molecule has 3 nitrogen and oxygen atoms in total. The molecule has 0 aliphatic carbocycles. The van der Waals surface area contributed by atoms with Crippen molar-refractivity contribution in [3.8, 4) is 5.75 Å². The first kappa shape index (κ1) is 12.8. The van der Waals surface area contributed by atoms with Crippen molar-refractivity contribution in [3.63, 3.8) is 0 Å². The van der Waals surface area contributed by atoms with Gasteiger partial charge in [0.05, 0.1) is 6.10 Å². The minimum absolute atomic E-state index is 0.102. The summed E-state index contributed by atoms with van der Waals surface area (Å²) in [5.74, 6) is -0.511. The van der Waals surface area contributed by atoms with Gasteiger partial charge in [-0.3, -0.25) is 0 Å². The fourth-order valence-corrected chi connectivity index (χ4v) is 1.20. The average molecular weight is 236 g/mol. The number of para-hydroxylation sites is 1. The smallest absolute Gasteiger partial charge is 0.405 e. The molecule has 0 bridgehead atoms. The van der Waals surface area contributed by atoms with Crippen LogP contribution in [0.25, 0.3) is 0 Å². The van der Waals surface area contributed by atoms with E-state index in [-0.39, 0.29) is 5.56 Å². The third-order valence-corrected chi connectivity index (χ3v) is 1.92. The first-order valence-electron chi connectivity index (χ1n) is 4.52. The summed E-state index contributed by atoms with van der Waals surface area (Å²) in [7, 11) is 0. The zero-order chi connectivity index (χ0) is 12.3. The van der Waals surface area contributed by atoms with E-state index in [1.807, 2.05) is 0 Å². The van der Waals surface area contributed by atoms with Crippen molar-refractivity contribution >= 4 is 0 Å². The van der Waals surface area contributed by atoms with Gasteiger partial charge >= 0.3 is 6.36 Å². The molecule has 0 spiro atoms. The number of hydrogen-bond donors (Lipinski definition) is 2. The molecule has 2 atom stereocenters. The molecule has 0 fully saturated rings. The maximum atomic E-state index is 12.0. The van der Waals surface area contributed by atoms with Crippen LogP contribution in [-0.2, 0) is 0 Å². The second-order valence-corrected chi connectivity index (χ2v) is 3.27. The Bertz CT molecular complexity index is 349. The minimum Gasteiger partial charge on any atom is -0.405 e. The Balaban J connectivity index is 3.01. The van der Waals surface area contributed by atoms with Crippen molar-refractivity contribution in [1.82, 2.24) is 0 Å². The predicted molar refractivity (Wildman–Crippen MR) is 49.8 cm³/mol. The molecular weight excluding hydrogens is 225 g/mol. The molecule has 0 saturated carbocycles. The van der Waals surface area contributed by atoms with Gasteiger partial charge in [-0.15, -0.1) is 13.2 Å². The number of halogens is 3. The lowest BCUT2D eigenvalue weighted by atomic mass is 10.0. The van der Waals surface area contributed by atoms with Gasteiger partial charge in [-0.05, 0) is 13.0 Å². The monoisotopic (exact) mass is 236 g/mol. The van der Waals surface area contributed by atoms with E-state index in [0.29, 0.717) is 0 Å². The molecule has 16 heavy (non-hydrogen) atoms. The van der Waals surface area contributed by atoms with Crippen LogP contribution in [0.2, 0.25) is 0 Å². The van der Waals surface area contributed by atoms with Crippen molar-refractivity contribution in [1.29, 1.82) is 0 Å². The zero-order valence-corrected chi connectivity index (χ0v) is 8.40. The number of ether oxygens (including phenoxy) is 1. The lowest BCUT2D eigenvalue weighted by Gasteiger charge is -2.18. The summed E-state index contributed by atoms with van der Waals surface area (Å²) in [6.45, 7) is 1.27. The lowest BCUT2D eigenvalue weighted by molar-refractivity contribution is -0.275. The Morgan fingerprint density at radius 2 is 1.75 bits per heavy atom. The molecule has 1 rings (SSSR count). The molecule has 0 aliphatic heterocycles. The van der Waals surface area contributed by atoms with Gasteiger partial charge in [-0.2, -0.15) is 0 Å². The van der Waals surface area contributed by atoms with Gasteiger partial charge in [0.1, 0.15) is 11.9 Å². The van der Waals surface area contributed by atoms with Crippen LogP contribution in [0.5, 0.6) is 5.75 Å². The van der Waals surface area contributed by atoms with Crippen LogP contribution in [0.3, 0.4) is 0 Å². The quantitative estimate of drug-likeness (QED) is 0.843. The number of alkyl halides is 3. The van der Waals surface area contributed by atoms with Gasteiger partial charge in [0.15, 0.2) is 0 Å². The molecule has 6 heteroatoms. The standard InChI is InChI=1S/C10H11F3O3/c1-6(14)9(15)7-4-2-3-5-8(7)16-10(11,12)13/h2-6,9,14-15H,1H3. The minimum atomic E-state index is -4.82. The molecule has 0 heterocycles. The van der Waals surface area contributed by atoms with Crippen LogP contribution in [0.15, 0.2) is 24.3 Å². The predicted octanol–water partition coefficient (Wildman–Crippen LogP) is 2.00. The van der Waals surface area contributed by atoms with Gasteiger partial charge in [0.25, 0.3) is 0 Å². The van der Waals surface area contributed by atoms with Crippen molar-refractivity contribution < 1.29 is 28.1 Å². The zero-order valence-electron chi connectivity index (χ0n) is 8.40. The van der Waals surface area contributed by atoms with E-state index >= 15 is 0 Å². The van der Waals surface area contributed by atoms with E-state index in [1.165, 1.54) is 25.1 Å². The highest BCUT2D eigenvalue weighted by Gasteiger charge is 2.33. The second-order valence-electron chi connectivity index (χ2n) is 3.27. The number of aliphatic hydroxyl groups is 2. The third-order valence-electron chi connectivity index (χ3n) is 1.92. The molecule has 2 N–H and O–H groups in total. The SMILES string of the molecule is CC(O)C(O)c1ccccc1OC(F)(F)F. The molecule has 1 aromatic rings. The normalized spacial score (nSPS) is 15.6. The Morgan fingerprint density at radius 3 is 2.25 bits per heavy atom. The highest BCUT2D eigenvalue weighted by atomic mass is 19.4. The molecule has 2 unspecified atom stereocenters. The van der Waals surface area contributed by atoms with Crippen molar-refractivity contribution in [2.24, 2.45) is 0 Å². The van der Waals surface area contributed by atoms with Gasteiger partial charge in [0, 0.05) is 5.56 Å². The van der Waals surface area contributed by atoms with Crippen LogP contribution >= 0.6 is 0 Å². The van der Waals surface area contributed by atoms with Crippen molar-refractivity contribution in [2.45, 2.75) is 25.5 Å². The molecule has 1 aromatic carbocycles. The van der Waals surface area contributed by atoms with E-state index in [9.17, 15) is 18.3 Å². The molecule has 0 radical (unpaired) electrons. The van der Waals surface area contributed by atoms with Crippen molar-refractivity contribution in [2.75, 3.05) is 0 Å². The Morgan fingerprint density at radius 1 is 1.19 bits per heavy atom. The summed E-state index contributed by atoms with van der Waals surface area (Å²) in [6, 6.07) is 5.14. The average Bonchev–Trinajstić information content (AvgIpc) is 2.15. The summed E-state index contributed by atoms with van der Waals surface area (Å²) < 4.78 is 39.8. The van der Waals surface area contributed by atoms with Gasteiger partial charge < -0.3 is 14.9 Å². The van der Waals surface area contributed by atoms with E-state index in [2.05, 4.69) is 4.74 Å². The van der Waals surface area contributed by atoms with Crippen LogP contribution in [0.4, 0.5) is 13.2 Å². The summed E-state index contributed by atoms with van der Waals surface area (Å²) in [5.41, 5.74) is -0.102. The van der Waals surface area contributed by atoms with Gasteiger partial charge in [-0.25, -0.2) is 0 Å². The molecule has 0 aliphatic rings. The van der Waals surface area contributed by atoms with Crippen LogP contribution in [-0.4, -0.2) is 22.7 Å². The second kappa shape index (κ2) is 4.71. The Kier molecular flexibility index (Phi) is 3.77. The maximum Gasteiger partial charge on any atom is 0.573 e. The number of rotatable bonds is 3. The molecule has 0 saturated heterocycles. The number of hydrogen-bond acceptors (Lipinski definition) is 3. The summed E-state index contributed by atoms with van der Waals surface area (Å²) >= 11 is 0. The Hall–Kier alpha value is -1.27. The number of aliphatic hydroxyl groups excluding tert-OH is 2. The highest BCUT2D eigenvalue weighted by molar-refractivity contribution is 5.35. The highest BCUT2D eigenvalue weighted by Crippen LogP contribution is 2.31. The van der Waals surface area contributed by atoms with E-state index in [4.69, 9.17) is 5.11 Å². The first-order chi connectivity index (χ1) is 7.31. The largest absolute Gasteiger partial charge is 0.573 e. The van der Waals surface area contributed by atoms with Crippen LogP contribution in [0.1, 0.15) is 18.6 Å². The lowest BCUT2D eigenvalue weighted by Crippen LogP contribution is -2.21. The topological polar surface area (TPSA) is 49.7 Å². The third kappa shape index (κ3) is 3.39. The van der Waals surface area contributed by atoms with E-state index < -0.39 is 24.3 Å². The van der Waals surface area contributed by atoms with Gasteiger partial charge in [-0.1, -0.05) is 18.2 Å². The van der Waals surface area contributed by atoms with Gasteiger partial charge in [0.2, 0.25) is 0 Å². The van der Waals surface area contributed by atoms with E-state index in [0.717, 1.165) is 6.07 Å².